The predicted molar refractivity (Wildman–Crippen MR) is 81.5 cm³/mol. The van der Waals surface area contributed by atoms with Gasteiger partial charge >= 0.3 is 0 Å². The summed E-state index contributed by atoms with van der Waals surface area (Å²) in [4.78, 5) is 26.0. The summed E-state index contributed by atoms with van der Waals surface area (Å²) in [6.07, 6.45) is 2.17. The normalized spacial score (nSPS) is 15.8. The molecule has 1 aromatic rings. The third kappa shape index (κ3) is 3.84. The molecule has 0 atom stereocenters. The molecule has 1 aromatic carbocycles. The minimum atomic E-state index is 0.0421. The summed E-state index contributed by atoms with van der Waals surface area (Å²) in [5.41, 5.74) is 0.679. The number of ketones is 1. The first-order valence-corrected chi connectivity index (χ1v) is 7.70. The molecule has 21 heavy (non-hydrogen) atoms. The lowest BCUT2D eigenvalue weighted by molar-refractivity contribution is -0.123. The molecule has 0 aromatic heterocycles. The quantitative estimate of drug-likeness (QED) is 0.837. The number of likely N-dealkylation sites (tertiary alicyclic amines) is 1. The summed E-state index contributed by atoms with van der Waals surface area (Å²) in [6.45, 7) is 5.79. The zero-order valence-corrected chi connectivity index (χ0v) is 12.8. The lowest BCUT2D eigenvalue weighted by Crippen LogP contribution is -2.40. The second-order valence-corrected chi connectivity index (χ2v) is 5.34. The van der Waals surface area contributed by atoms with E-state index in [9.17, 15) is 9.59 Å². The third-order valence-electron chi connectivity index (χ3n) is 4.00. The Labute approximate surface area is 126 Å². The van der Waals surface area contributed by atoms with Crippen molar-refractivity contribution in [2.75, 3.05) is 19.7 Å². The molecule has 1 heterocycles. The highest BCUT2D eigenvalue weighted by Crippen LogP contribution is 2.21. The molecule has 4 heteroatoms. The Morgan fingerprint density at radius 3 is 2.29 bits per heavy atom. The molecule has 1 fully saturated rings. The second-order valence-electron chi connectivity index (χ2n) is 5.34. The Bertz CT molecular complexity index is 487. The van der Waals surface area contributed by atoms with E-state index in [4.69, 9.17) is 4.74 Å². The molecule has 1 saturated heterocycles. The fourth-order valence-corrected chi connectivity index (χ4v) is 2.74. The van der Waals surface area contributed by atoms with Gasteiger partial charge in [-0.3, -0.25) is 9.59 Å². The third-order valence-corrected chi connectivity index (χ3v) is 4.00. The van der Waals surface area contributed by atoms with Gasteiger partial charge in [-0.1, -0.05) is 6.92 Å². The zero-order chi connectivity index (χ0) is 15.2. The van der Waals surface area contributed by atoms with Gasteiger partial charge in [-0.05, 0) is 44.0 Å². The predicted octanol–water partition coefficient (Wildman–Crippen LogP) is 2.92. The maximum absolute atomic E-state index is 12.4. The summed E-state index contributed by atoms with van der Waals surface area (Å²) in [7, 11) is 0. The fourth-order valence-electron chi connectivity index (χ4n) is 2.74. The van der Waals surface area contributed by atoms with E-state index in [1.807, 2.05) is 30.9 Å². The van der Waals surface area contributed by atoms with E-state index < -0.39 is 0 Å². The van der Waals surface area contributed by atoms with Crippen LogP contribution >= 0.6 is 0 Å². The number of carbonyl (C=O) groups is 2. The first kappa shape index (κ1) is 15.5. The molecule has 114 valence electrons. The molecule has 2 rings (SSSR count). The molecular weight excluding hydrogens is 266 g/mol. The van der Waals surface area contributed by atoms with Gasteiger partial charge in [0, 0.05) is 31.0 Å². The first-order valence-electron chi connectivity index (χ1n) is 7.70. The molecular formula is C17H23NO3. The van der Waals surface area contributed by atoms with Crippen LogP contribution in [0.25, 0.3) is 0 Å². The summed E-state index contributed by atoms with van der Waals surface area (Å²) in [5.74, 6) is 1.28. The first-order chi connectivity index (χ1) is 10.2. The van der Waals surface area contributed by atoms with E-state index in [2.05, 4.69) is 0 Å². The largest absolute Gasteiger partial charge is 0.494 e. The standard InChI is InChI=1S/C17H23NO3/c1-3-16(19)13-9-11-18(12-10-13)17(20)14-5-7-15(8-6-14)21-4-2/h5-8,13H,3-4,9-12H2,1-2H3. The average Bonchev–Trinajstić information content (AvgIpc) is 2.54. The minimum absolute atomic E-state index is 0.0421. The number of amides is 1. The van der Waals surface area contributed by atoms with E-state index in [0.29, 0.717) is 37.5 Å². The van der Waals surface area contributed by atoms with Crippen molar-refractivity contribution >= 4 is 11.7 Å². The Hall–Kier alpha value is -1.84. The van der Waals surface area contributed by atoms with E-state index >= 15 is 0 Å². The van der Waals surface area contributed by atoms with Crippen molar-refractivity contribution in [1.82, 2.24) is 4.90 Å². The van der Waals surface area contributed by atoms with Gasteiger partial charge in [0.05, 0.1) is 6.61 Å². The molecule has 1 aliphatic rings. The van der Waals surface area contributed by atoms with Gasteiger partial charge < -0.3 is 9.64 Å². The van der Waals surface area contributed by atoms with Gasteiger partial charge in [-0.2, -0.15) is 0 Å². The number of hydrogen-bond donors (Lipinski definition) is 0. The number of ether oxygens (including phenoxy) is 1. The molecule has 1 amide bonds. The van der Waals surface area contributed by atoms with Gasteiger partial charge in [-0.15, -0.1) is 0 Å². The molecule has 1 aliphatic heterocycles. The number of hydrogen-bond acceptors (Lipinski definition) is 3. The highest BCUT2D eigenvalue weighted by molar-refractivity contribution is 5.94. The van der Waals surface area contributed by atoms with Gasteiger partial charge in [0.1, 0.15) is 11.5 Å². The second kappa shape index (κ2) is 7.25. The fraction of sp³-hybridized carbons (Fsp3) is 0.529. The highest BCUT2D eigenvalue weighted by atomic mass is 16.5. The van der Waals surface area contributed by atoms with Gasteiger partial charge in [0.2, 0.25) is 0 Å². The molecule has 0 radical (unpaired) electrons. The molecule has 4 nitrogen and oxygen atoms in total. The monoisotopic (exact) mass is 289 g/mol. The number of nitrogens with zero attached hydrogens (tertiary/aromatic N) is 1. The van der Waals surface area contributed by atoms with Crippen LogP contribution in [-0.4, -0.2) is 36.3 Å². The van der Waals surface area contributed by atoms with Crippen molar-refractivity contribution in [2.24, 2.45) is 5.92 Å². The summed E-state index contributed by atoms with van der Waals surface area (Å²) in [5, 5.41) is 0. The smallest absolute Gasteiger partial charge is 0.253 e. The van der Waals surface area contributed by atoms with E-state index in [1.165, 1.54) is 0 Å². The zero-order valence-electron chi connectivity index (χ0n) is 12.8. The SMILES string of the molecule is CCOc1ccc(C(=O)N2CCC(C(=O)CC)CC2)cc1. The van der Waals surface area contributed by atoms with Crippen molar-refractivity contribution in [3.8, 4) is 5.75 Å². The van der Waals surface area contributed by atoms with Crippen LogP contribution in [0.4, 0.5) is 0 Å². The number of carbonyl (C=O) groups excluding carboxylic acids is 2. The number of rotatable bonds is 5. The average molecular weight is 289 g/mol. The van der Waals surface area contributed by atoms with Crippen LogP contribution in [0.1, 0.15) is 43.5 Å². The number of piperidine rings is 1. The maximum Gasteiger partial charge on any atom is 0.253 e. The van der Waals surface area contributed by atoms with Gasteiger partial charge in [-0.25, -0.2) is 0 Å². The minimum Gasteiger partial charge on any atom is -0.494 e. The van der Waals surface area contributed by atoms with Crippen molar-refractivity contribution < 1.29 is 14.3 Å². The Balaban J connectivity index is 1.93. The van der Waals surface area contributed by atoms with Gasteiger partial charge in [0.15, 0.2) is 0 Å². The van der Waals surface area contributed by atoms with Crippen LogP contribution in [0.5, 0.6) is 5.75 Å². The van der Waals surface area contributed by atoms with Crippen molar-refractivity contribution in [3.63, 3.8) is 0 Å². The van der Waals surface area contributed by atoms with E-state index in [0.717, 1.165) is 18.6 Å². The maximum atomic E-state index is 12.4. The molecule has 0 spiro atoms. The van der Waals surface area contributed by atoms with Crippen LogP contribution < -0.4 is 4.74 Å². The van der Waals surface area contributed by atoms with Crippen LogP contribution in [0, 0.1) is 5.92 Å². The van der Waals surface area contributed by atoms with Gasteiger partial charge in [0.25, 0.3) is 5.91 Å². The molecule has 0 bridgehead atoms. The lowest BCUT2D eigenvalue weighted by atomic mass is 9.91. The molecule has 0 unspecified atom stereocenters. The van der Waals surface area contributed by atoms with E-state index in [-0.39, 0.29) is 11.8 Å². The molecule has 0 saturated carbocycles. The van der Waals surface area contributed by atoms with Crippen LogP contribution in [0.2, 0.25) is 0 Å². The van der Waals surface area contributed by atoms with Crippen molar-refractivity contribution in [1.29, 1.82) is 0 Å². The Kier molecular flexibility index (Phi) is 5.37. The number of Topliss-reactive ketones (excluding diaryl/α,β-unsaturated/α-hetero) is 1. The van der Waals surface area contributed by atoms with Crippen LogP contribution in [-0.2, 0) is 4.79 Å². The van der Waals surface area contributed by atoms with E-state index in [1.54, 1.807) is 12.1 Å². The molecule has 0 aliphatic carbocycles. The highest BCUT2D eigenvalue weighted by Gasteiger charge is 2.26. The summed E-state index contributed by atoms with van der Waals surface area (Å²) >= 11 is 0. The number of benzene rings is 1. The lowest BCUT2D eigenvalue weighted by Gasteiger charge is -2.31. The van der Waals surface area contributed by atoms with Crippen LogP contribution in [0.3, 0.4) is 0 Å². The van der Waals surface area contributed by atoms with Crippen LogP contribution in [0.15, 0.2) is 24.3 Å². The van der Waals surface area contributed by atoms with Crippen molar-refractivity contribution in [3.05, 3.63) is 29.8 Å². The Morgan fingerprint density at radius 1 is 1.14 bits per heavy atom. The van der Waals surface area contributed by atoms with Crippen molar-refractivity contribution in [2.45, 2.75) is 33.1 Å². The summed E-state index contributed by atoms with van der Waals surface area (Å²) < 4.78 is 5.38. The topological polar surface area (TPSA) is 46.6 Å². The Morgan fingerprint density at radius 2 is 1.76 bits per heavy atom. The summed E-state index contributed by atoms with van der Waals surface area (Å²) in [6, 6.07) is 7.25. The molecule has 0 N–H and O–H groups in total.